The van der Waals surface area contributed by atoms with Gasteiger partial charge < -0.3 is 10.6 Å². The van der Waals surface area contributed by atoms with Gasteiger partial charge in [-0.25, -0.2) is 8.78 Å². The van der Waals surface area contributed by atoms with Gasteiger partial charge in [-0.15, -0.1) is 0 Å². The molecule has 1 saturated carbocycles. The Morgan fingerprint density at radius 3 is 2.67 bits per heavy atom. The van der Waals surface area contributed by atoms with Crippen LogP contribution in [-0.4, -0.2) is 30.3 Å². The van der Waals surface area contributed by atoms with Crippen molar-refractivity contribution in [2.24, 2.45) is 5.92 Å². The quantitative estimate of drug-likeness (QED) is 0.770. The number of halogens is 2. The number of benzene rings is 1. The summed E-state index contributed by atoms with van der Waals surface area (Å²) in [5.74, 6) is -3.13. The molecule has 3 rings (SSSR count). The van der Waals surface area contributed by atoms with Crippen molar-refractivity contribution in [3.05, 3.63) is 29.8 Å². The standard InChI is InChI=1S/C17H21F2N3O2/c18-17(19)8-14(21-10-17)16(24)20-9-11-3-1-6-13(7-11)22-15(23)12-4-2-5-12/h1,3,6-7,12,14,21H,2,4-5,8-10H2,(H,20,24)(H,22,23). The van der Waals surface area contributed by atoms with E-state index < -0.39 is 30.8 Å². The summed E-state index contributed by atoms with van der Waals surface area (Å²) in [5, 5.41) is 8.06. The summed E-state index contributed by atoms with van der Waals surface area (Å²) in [4.78, 5) is 23.9. The maximum atomic E-state index is 13.1. The summed E-state index contributed by atoms with van der Waals surface area (Å²) in [6, 6.07) is 6.33. The Balaban J connectivity index is 1.51. The fourth-order valence-corrected chi connectivity index (χ4v) is 2.89. The number of hydrogen-bond acceptors (Lipinski definition) is 3. The van der Waals surface area contributed by atoms with E-state index in [-0.39, 0.29) is 18.4 Å². The van der Waals surface area contributed by atoms with Gasteiger partial charge in [0.05, 0.1) is 12.6 Å². The van der Waals surface area contributed by atoms with Crippen molar-refractivity contribution < 1.29 is 18.4 Å². The molecule has 1 heterocycles. The van der Waals surface area contributed by atoms with Crippen LogP contribution in [-0.2, 0) is 16.1 Å². The number of nitrogens with one attached hydrogen (secondary N) is 3. The molecule has 1 aromatic carbocycles. The van der Waals surface area contributed by atoms with Gasteiger partial charge in [0.25, 0.3) is 5.92 Å². The monoisotopic (exact) mass is 337 g/mol. The topological polar surface area (TPSA) is 70.2 Å². The third-order valence-corrected chi connectivity index (χ3v) is 4.56. The summed E-state index contributed by atoms with van der Waals surface area (Å²) in [6.07, 6.45) is 2.48. The highest BCUT2D eigenvalue weighted by atomic mass is 19.3. The molecule has 1 aromatic rings. The zero-order chi connectivity index (χ0) is 17.2. The van der Waals surface area contributed by atoms with Crippen LogP contribution in [0.4, 0.5) is 14.5 Å². The van der Waals surface area contributed by atoms with Gasteiger partial charge in [0.2, 0.25) is 11.8 Å². The number of carbonyl (C=O) groups excluding carboxylic acids is 2. The molecule has 0 bridgehead atoms. The van der Waals surface area contributed by atoms with Crippen molar-refractivity contribution in [2.75, 3.05) is 11.9 Å². The molecule has 130 valence electrons. The summed E-state index contributed by atoms with van der Waals surface area (Å²) in [5.41, 5.74) is 1.49. The van der Waals surface area contributed by atoms with E-state index >= 15 is 0 Å². The van der Waals surface area contributed by atoms with Crippen LogP contribution in [0.3, 0.4) is 0 Å². The van der Waals surface area contributed by atoms with Crippen LogP contribution in [0.15, 0.2) is 24.3 Å². The molecule has 0 radical (unpaired) electrons. The van der Waals surface area contributed by atoms with Crippen LogP contribution in [0, 0.1) is 5.92 Å². The van der Waals surface area contributed by atoms with Crippen molar-refractivity contribution in [1.82, 2.24) is 10.6 Å². The van der Waals surface area contributed by atoms with E-state index in [4.69, 9.17) is 0 Å². The van der Waals surface area contributed by atoms with Crippen molar-refractivity contribution in [2.45, 2.75) is 44.2 Å². The largest absolute Gasteiger partial charge is 0.351 e. The Morgan fingerprint density at radius 2 is 2.04 bits per heavy atom. The smallest absolute Gasteiger partial charge is 0.262 e. The lowest BCUT2D eigenvalue weighted by atomic mass is 9.85. The molecule has 7 heteroatoms. The summed E-state index contributed by atoms with van der Waals surface area (Å²) in [6.45, 7) is -0.233. The highest BCUT2D eigenvalue weighted by Crippen LogP contribution is 2.28. The Bertz CT molecular complexity index is 632. The zero-order valence-corrected chi connectivity index (χ0v) is 13.3. The van der Waals surface area contributed by atoms with E-state index in [2.05, 4.69) is 16.0 Å². The van der Waals surface area contributed by atoms with Gasteiger partial charge in [-0.3, -0.25) is 14.9 Å². The van der Waals surface area contributed by atoms with Crippen molar-refractivity contribution in [1.29, 1.82) is 0 Å². The molecule has 2 aliphatic rings. The summed E-state index contributed by atoms with van der Waals surface area (Å²) >= 11 is 0. The number of alkyl halides is 2. The summed E-state index contributed by atoms with van der Waals surface area (Å²) < 4.78 is 26.2. The fourth-order valence-electron chi connectivity index (χ4n) is 2.89. The predicted molar refractivity (Wildman–Crippen MR) is 85.6 cm³/mol. The first-order valence-corrected chi connectivity index (χ1v) is 8.22. The summed E-state index contributed by atoms with van der Waals surface area (Å²) in [7, 11) is 0. The molecule has 0 spiro atoms. The van der Waals surface area contributed by atoms with Crippen molar-refractivity contribution in [3.8, 4) is 0 Å². The highest BCUT2D eigenvalue weighted by molar-refractivity contribution is 5.93. The van der Waals surface area contributed by atoms with E-state index in [0.29, 0.717) is 5.69 Å². The lowest BCUT2D eigenvalue weighted by Crippen LogP contribution is -2.40. The lowest BCUT2D eigenvalue weighted by Gasteiger charge is -2.24. The minimum Gasteiger partial charge on any atom is -0.351 e. The van der Waals surface area contributed by atoms with E-state index in [0.717, 1.165) is 24.8 Å². The number of anilines is 1. The van der Waals surface area contributed by atoms with Crippen LogP contribution < -0.4 is 16.0 Å². The van der Waals surface area contributed by atoms with Gasteiger partial charge in [0.15, 0.2) is 0 Å². The van der Waals surface area contributed by atoms with Crippen molar-refractivity contribution >= 4 is 17.5 Å². The van der Waals surface area contributed by atoms with Gasteiger partial charge in [0, 0.05) is 24.6 Å². The second kappa shape index (κ2) is 6.84. The maximum Gasteiger partial charge on any atom is 0.262 e. The third-order valence-electron chi connectivity index (χ3n) is 4.56. The number of rotatable bonds is 5. The molecule has 1 unspecified atom stereocenters. The molecule has 0 aromatic heterocycles. The van der Waals surface area contributed by atoms with Crippen molar-refractivity contribution in [3.63, 3.8) is 0 Å². The van der Waals surface area contributed by atoms with Gasteiger partial charge in [-0.1, -0.05) is 18.6 Å². The lowest BCUT2D eigenvalue weighted by molar-refractivity contribution is -0.123. The second-order valence-electron chi connectivity index (χ2n) is 6.53. The van der Waals surface area contributed by atoms with E-state index in [1.807, 2.05) is 6.07 Å². The van der Waals surface area contributed by atoms with Crippen LogP contribution in [0.5, 0.6) is 0 Å². The van der Waals surface area contributed by atoms with Crippen LogP contribution >= 0.6 is 0 Å². The average molecular weight is 337 g/mol. The number of amides is 2. The second-order valence-corrected chi connectivity index (χ2v) is 6.53. The molecular formula is C17H21F2N3O2. The number of carbonyl (C=O) groups is 2. The van der Waals surface area contributed by atoms with Crippen LogP contribution in [0.1, 0.15) is 31.2 Å². The predicted octanol–water partition coefficient (Wildman–Crippen LogP) is 2.04. The fraction of sp³-hybridized carbons (Fsp3) is 0.529. The minimum atomic E-state index is -2.83. The van der Waals surface area contributed by atoms with Gasteiger partial charge in [0.1, 0.15) is 0 Å². The Labute approximate surface area is 139 Å². The molecule has 1 aliphatic carbocycles. The Morgan fingerprint density at radius 1 is 1.25 bits per heavy atom. The maximum absolute atomic E-state index is 13.1. The first-order chi connectivity index (χ1) is 11.4. The van der Waals surface area contributed by atoms with E-state index in [1.54, 1.807) is 18.2 Å². The van der Waals surface area contributed by atoms with E-state index in [1.165, 1.54) is 0 Å². The molecule has 3 N–H and O–H groups in total. The molecule has 2 amide bonds. The van der Waals surface area contributed by atoms with E-state index in [9.17, 15) is 18.4 Å². The average Bonchev–Trinajstić information content (AvgIpc) is 2.83. The molecule has 5 nitrogen and oxygen atoms in total. The Hall–Kier alpha value is -2.02. The van der Waals surface area contributed by atoms with Gasteiger partial charge in [-0.05, 0) is 30.5 Å². The molecular weight excluding hydrogens is 316 g/mol. The first-order valence-electron chi connectivity index (χ1n) is 8.22. The Kier molecular flexibility index (Phi) is 4.80. The molecule has 1 saturated heterocycles. The first kappa shape index (κ1) is 16.8. The molecule has 1 aliphatic heterocycles. The van der Waals surface area contributed by atoms with Crippen LogP contribution in [0.25, 0.3) is 0 Å². The number of hydrogen-bond donors (Lipinski definition) is 3. The van der Waals surface area contributed by atoms with Crippen LogP contribution in [0.2, 0.25) is 0 Å². The molecule has 24 heavy (non-hydrogen) atoms. The SMILES string of the molecule is O=C(Nc1cccc(CNC(=O)C2CC(F)(F)CN2)c1)C1CCC1. The van der Waals surface area contributed by atoms with Gasteiger partial charge in [-0.2, -0.15) is 0 Å². The molecule has 2 fully saturated rings. The highest BCUT2D eigenvalue weighted by Gasteiger charge is 2.42. The minimum absolute atomic E-state index is 0.0276. The zero-order valence-electron chi connectivity index (χ0n) is 13.3. The normalized spacial score (nSPS) is 22.7. The third kappa shape index (κ3) is 4.08. The molecule has 1 atom stereocenters. The van der Waals surface area contributed by atoms with Gasteiger partial charge >= 0.3 is 0 Å².